The van der Waals surface area contributed by atoms with E-state index >= 15 is 0 Å². The Morgan fingerprint density at radius 2 is 1.80 bits per heavy atom. The molecule has 1 fully saturated rings. The van der Waals surface area contributed by atoms with E-state index in [0.29, 0.717) is 16.9 Å². The number of aliphatic hydroxyl groups is 1. The first-order chi connectivity index (χ1) is 14.4. The van der Waals surface area contributed by atoms with E-state index in [1.807, 2.05) is 19.9 Å². The summed E-state index contributed by atoms with van der Waals surface area (Å²) >= 11 is 0. The lowest BCUT2D eigenvalue weighted by Crippen LogP contribution is -2.29. The number of hydrogen-bond donors (Lipinski definition) is 1. The molecule has 1 aromatic heterocycles. The third-order valence-electron chi connectivity index (χ3n) is 5.41. The molecule has 0 bridgehead atoms. The summed E-state index contributed by atoms with van der Waals surface area (Å²) in [5.41, 5.74) is 2.93. The minimum absolute atomic E-state index is 0.0265. The SMILES string of the molecule is Cc1ccc(/C(O)=C2/C(=O)C(=O)N(Cc3ccco3)C2c2ccc(F)cc2)cc1C. The van der Waals surface area contributed by atoms with Gasteiger partial charge >= 0.3 is 0 Å². The number of carbonyl (C=O) groups excluding carboxylic acids is 2. The van der Waals surface area contributed by atoms with Crippen molar-refractivity contribution in [1.82, 2.24) is 4.90 Å². The van der Waals surface area contributed by atoms with E-state index in [2.05, 4.69) is 0 Å². The molecule has 1 saturated heterocycles. The molecular weight excluding hydrogens is 385 g/mol. The van der Waals surface area contributed by atoms with Gasteiger partial charge in [-0.2, -0.15) is 0 Å². The monoisotopic (exact) mass is 405 g/mol. The van der Waals surface area contributed by atoms with Crippen molar-refractivity contribution in [1.29, 1.82) is 0 Å². The van der Waals surface area contributed by atoms with Crippen molar-refractivity contribution in [3.63, 3.8) is 0 Å². The van der Waals surface area contributed by atoms with Crippen LogP contribution in [-0.2, 0) is 16.1 Å². The molecule has 30 heavy (non-hydrogen) atoms. The van der Waals surface area contributed by atoms with E-state index in [4.69, 9.17) is 4.42 Å². The van der Waals surface area contributed by atoms with Crippen molar-refractivity contribution >= 4 is 17.4 Å². The number of ketones is 1. The van der Waals surface area contributed by atoms with Crippen LogP contribution in [0.25, 0.3) is 5.76 Å². The number of Topliss-reactive ketones (excluding diaryl/α,β-unsaturated/α-hetero) is 1. The van der Waals surface area contributed by atoms with Crippen molar-refractivity contribution in [3.05, 3.63) is 100 Å². The highest BCUT2D eigenvalue weighted by atomic mass is 19.1. The number of carbonyl (C=O) groups is 2. The van der Waals surface area contributed by atoms with Crippen LogP contribution in [0, 0.1) is 19.7 Å². The second-order valence-corrected chi connectivity index (χ2v) is 7.36. The highest BCUT2D eigenvalue weighted by Crippen LogP contribution is 2.40. The predicted octanol–water partition coefficient (Wildman–Crippen LogP) is 4.66. The van der Waals surface area contributed by atoms with Crippen LogP contribution in [0.15, 0.2) is 70.9 Å². The number of hydrogen-bond acceptors (Lipinski definition) is 4. The van der Waals surface area contributed by atoms with Gasteiger partial charge in [0.1, 0.15) is 17.3 Å². The van der Waals surface area contributed by atoms with Crippen LogP contribution < -0.4 is 0 Å². The van der Waals surface area contributed by atoms with Crippen LogP contribution in [0.2, 0.25) is 0 Å². The van der Waals surface area contributed by atoms with E-state index in [9.17, 15) is 19.1 Å². The van der Waals surface area contributed by atoms with Gasteiger partial charge in [0.05, 0.1) is 24.4 Å². The Bertz CT molecular complexity index is 1150. The number of furan rings is 1. The Labute approximate surface area is 173 Å². The van der Waals surface area contributed by atoms with E-state index < -0.39 is 23.5 Å². The number of nitrogens with zero attached hydrogens (tertiary/aromatic N) is 1. The minimum atomic E-state index is -0.864. The van der Waals surface area contributed by atoms with Crippen LogP contribution in [-0.4, -0.2) is 21.7 Å². The second-order valence-electron chi connectivity index (χ2n) is 7.36. The van der Waals surface area contributed by atoms with Crippen molar-refractivity contribution in [2.24, 2.45) is 0 Å². The van der Waals surface area contributed by atoms with Crippen LogP contribution in [0.1, 0.15) is 34.1 Å². The standard InChI is InChI=1S/C24H20FNO4/c1-14-5-6-17(12-15(14)2)22(27)20-21(16-7-9-18(25)10-8-16)26(24(29)23(20)28)13-19-4-3-11-30-19/h3-12,21,27H,13H2,1-2H3/b22-20-. The molecule has 6 heteroatoms. The molecule has 0 aliphatic carbocycles. The number of aryl methyl sites for hydroxylation is 2. The third kappa shape index (κ3) is 3.41. The summed E-state index contributed by atoms with van der Waals surface area (Å²) in [7, 11) is 0. The maximum Gasteiger partial charge on any atom is 0.296 e. The number of amides is 1. The largest absolute Gasteiger partial charge is 0.507 e. The summed E-state index contributed by atoms with van der Waals surface area (Å²) in [6.07, 6.45) is 1.48. The number of likely N-dealkylation sites (tertiary alicyclic amines) is 1. The lowest BCUT2D eigenvalue weighted by Gasteiger charge is -2.24. The van der Waals surface area contributed by atoms with Crippen molar-refractivity contribution in [3.8, 4) is 0 Å². The lowest BCUT2D eigenvalue weighted by atomic mass is 9.94. The third-order valence-corrected chi connectivity index (χ3v) is 5.41. The zero-order valence-electron chi connectivity index (χ0n) is 16.6. The van der Waals surface area contributed by atoms with Crippen LogP contribution in [0.3, 0.4) is 0 Å². The Hall–Kier alpha value is -3.67. The summed E-state index contributed by atoms with van der Waals surface area (Å²) in [5, 5.41) is 11.0. The molecule has 1 atom stereocenters. The quantitative estimate of drug-likeness (QED) is 0.389. The van der Waals surface area contributed by atoms with Crippen molar-refractivity contribution in [2.45, 2.75) is 26.4 Å². The Kier molecular flexibility index (Phi) is 4.99. The van der Waals surface area contributed by atoms with Gasteiger partial charge in [-0.05, 0) is 60.9 Å². The summed E-state index contributed by atoms with van der Waals surface area (Å²) in [6.45, 7) is 3.89. The Morgan fingerprint density at radius 3 is 2.43 bits per heavy atom. The molecule has 4 rings (SSSR count). The average molecular weight is 405 g/mol. The Morgan fingerprint density at radius 1 is 1.07 bits per heavy atom. The van der Waals surface area contributed by atoms with Crippen molar-refractivity contribution in [2.75, 3.05) is 0 Å². The molecular formula is C24H20FNO4. The molecule has 1 N–H and O–H groups in total. The van der Waals surface area contributed by atoms with Gasteiger partial charge in [0.2, 0.25) is 0 Å². The first-order valence-electron chi connectivity index (χ1n) is 9.50. The number of benzene rings is 2. The van der Waals surface area contributed by atoms with Gasteiger partial charge < -0.3 is 14.4 Å². The van der Waals surface area contributed by atoms with E-state index in [-0.39, 0.29) is 17.9 Å². The summed E-state index contributed by atoms with van der Waals surface area (Å²) in [6, 6.07) is 13.4. The van der Waals surface area contributed by atoms with E-state index in [1.54, 1.807) is 24.3 Å². The molecule has 1 aliphatic heterocycles. The molecule has 152 valence electrons. The second kappa shape index (κ2) is 7.63. The fraction of sp³-hybridized carbons (Fsp3) is 0.167. The normalized spacial score (nSPS) is 18.2. The fourth-order valence-corrected chi connectivity index (χ4v) is 3.65. The van der Waals surface area contributed by atoms with Crippen molar-refractivity contribution < 1.29 is 23.5 Å². The molecule has 3 aromatic rings. The minimum Gasteiger partial charge on any atom is -0.507 e. The average Bonchev–Trinajstić information content (AvgIpc) is 3.33. The molecule has 2 aromatic carbocycles. The molecule has 0 radical (unpaired) electrons. The van der Waals surface area contributed by atoms with Gasteiger partial charge in [-0.3, -0.25) is 9.59 Å². The molecule has 1 unspecified atom stereocenters. The van der Waals surface area contributed by atoms with E-state index in [0.717, 1.165) is 11.1 Å². The van der Waals surface area contributed by atoms with Gasteiger partial charge in [-0.25, -0.2) is 4.39 Å². The fourth-order valence-electron chi connectivity index (χ4n) is 3.65. The van der Waals surface area contributed by atoms with E-state index in [1.165, 1.54) is 35.4 Å². The van der Waals surface area contributed by atoms with Gasteiger partial charge in [0, 0.05) is 5.56 Å². The summed E-state index contributed by atoms with van der Waals surface area (Å²) < 4.78 is 18.9. The Balaban J connectivity index is 1.87. The number of aliphatic hydroxyl groups excluding tert-OH is 1. The van der Waals surface area contributed by atoms with Gasteiger partial charge in [0.25, 0.3) is 11.7 Å². The van der Waals surface area contributed by atoms with Gasteiger partial charge in [-0.15, -0.1) is 0 Å². The van der Waals surface area contributed by atoms with Gasteiger partial charge in [-0.1, -0.05) is 24.3 Å². The highest BCUT2D eigenvalue weighted by Gasteiger charge is 2.46. The van der Waals surface area contributed by atoms with Crippen LogP contribution >= 0.6 is 0 Å². The zero-order valence-corrected chi connectivity index (χ0v) is 16.6. The lowest BCUT2D eigenvalue weighted by molar-refractivity contribution is -0.140. The van der Waals surface area contributed by atoms with Crippen LogP contribution in [0.4, 0.5) is 4.39 Å². The molecule has 0 spiro atoms. The molecule has 1 amide bonds. The maximum atomic E-state index is 13.5. The van der Waals surface area contributed by atoms with Crippen LogP contribution in [0.5, 0.6) is 0 Å². The highest BCUT2D eigenvalue weighted by molar-refractivity contribution is 6.46. The number of rotatable bonds is 4. The maximum absolute atomic E-state index is 13.5. The molecule has 1 aliphatic rings. The number of halogens is 1. The first-order valence-corrected chi connectivity index (χ1v) is 9.50. The molecule has 2 heterocycles. The smallest absolute Gasteiger partial charge is 0.296 e. The first kappa shape index (κ1) is 19.6. The topological polar surface area (TPSA) is 70.8 Å². The molecule has 0 saturated carbocycles. The predicted molar refractivity (Wildman–Crippen MR) is 109 cm³/mol. The summed E-state index contributed by atoms with van der Waals surface area (Å²) in [5.74, 6) is -1.73. The van der Waals surface area contributed by atoms with Gasteiger partial charge in [0.15, 0.2) is 0 Å². The zero-order chi connectivity index (χ0) is 21.4. The molecule has 5 nitrogen and oxygen atoms in total. The summed E-state index contributed by atoms with van der Waals surface area (Å²) in [4.78, 5) is 27.1.